The molecule has 0 saturated carbocycles. The molecule has 18 heavy (non-hydrogen) atoms. The van der Waals surface area contributed by atoms with Crippen LogP contribution in [0.3, 0.4) is 0 Å². The van der Waals surface area contributed by atoms with E-state index >= 15 is 0 Å². The molecular formula is C14H20N2O2. The highest BCUT2D eigenvalue weighted by Crippen LogP contribution is 2.29. The molecule has 0 atom stereocenters. The minimum absolute atomic E-state index is 0.134. The Balaban J connectivity index is 2.30. The van der Waals surface area contributed by atoms with Crippen LogP contribution in [0.4, 0.5) is 5.69 Å². The first kappa shape index (κ1) is 12.9. The highest BCUT2D eigenvalue weighted by atomic mass is 16.5. The van der Waals surface area contributed by atoms with Gasteiger partial charge >= 0.3 is 0 Å². The zero-order valence-corrected chi connectivity index (χ0v) is 11.2. The van der Waals surface area contributed by atoms with Crippen LogP contribution in [-0.2, 0) is 4.79 Å². The fourth-order valence-corrected chi connectivity index (χ4v) is 2.27. The van der Waals surface area contributed by atoms with E-state index in [0.29, 0.717) is 13.0 Å². The Morgan fingerprint density at radius 1 is 1.33 bits per heavy atom. The zero-order chi connectivity index (χ0) is 13.2. The van der Waals surface area contributed by atoms with E-state index in [1.807, 2.05) is 24.3 Å². The number of rotatable bonds is 2. The van der Waals surface area contributed by atoms with Crippen LogP contribution in [0.1, 0.15) is 20.3 Å². The number of ether oxygens (including phenoxy) is 1. The highest BCUT2D eigenvalue weighted by molar-refractivity contribution is 5.95. The fourth-order valence-electron chi connectivity index (χ4n) is 2.27. The predicted molar refractivity (Wildman–Crippen MR) is 72.0 cm³/mol. The molecule has 1 fully saturated rings. The molecular weight excluding hydrogens is 228 g/mol. The van der Waals surface area contributed by atoms with Gasteiger partial charge in [0.2, 0.25) is 5.91 Å². The molecule has 0 unspecified atom stereocenters. The minimum atomic E-state index is -0.145. The summed E-state index contributed by atoms with van der Waals surface area (Å²) in [7, 11) is 1.63. The summed E-state index contributed by atoms with van der Waals surface area (Å²) in [5, 5.41) is 3.39. The van der Waals surface area contributed by atoms with E-state index in [4.69, 9.17) is 4.74 Å². The lowest BCUT2D eigenvalue weighted by atomic mass is 10.0. The molecule has 1 aromatic rings. The van der Waals surface area contributed by atoms with Crippen molar-refractivity contribution in [2.75, 3.05) is 25.1 Å². The Labute approximate surface area is 108 Å². The second-order valence-electron chi connectivity index (χ2n) is 5.20. The van der Waals surface area contributed by atoms with Gasteiger partial charge in [-0.1, -0.05) is 12.1 Å². The molecule has 0 radical (unpaired) electrons. The van der Waals surface area contributed by atoms with Gasteiger partial charge < -0.3 is 15.0 Å². The number of hydrogen-bond donors (Lipinski definition) is 1. The molecule has 1 N–H and O–H groups in total. The van der Waals surface area contributed by atoms with Crippen LogP contribution in [0.2, 0.25) is 0 Å². The van der Waals surface area contributed by atoms with E-state index in [-0.39, 0.29) is 11.4 Å². The van der Waals surface area contributed by atoms with Gasteiger partial charge in [0.25, 0.3) is 0 Å². The number of anilines is 1. The number of para-hydroxylation sites is 2. The van der Waals surface area contributed by atoms with Gasteiger partial charge in [-0.25, -0.2) is 0 Å². The second-order valence-corrected chi connectivity index (χ2v) is 5.20. The molecule has 0 spiro atoms. The van der Waals surface area contributed by atoms with Crippen molar-refractivity contribution in [3.8, 4) is 5.75 Å². The zero-order valence-electron chi connectivity index (χ0n) is 11.2. The molecule has 1 amide bonds. The predicted octanol–water partition coefficient (Wildman–Crippen LogP) is 1.80. The smallest absolute Gasteiger partial charge is 0.228 e. The molecule has 1 heterocycles. The SMILES string of the molecule is COc1ccccc1N1CCNC(C)(C)CC1=O. The average Bonchev–Trinajstić information content (AvgIpc) is 2.46. The van der Waals surface area contributed by atoms with Crippen molar-refractivity contribution in [3.63, 3.8) is 0 Å². The van der Waals surface area contributed by atoms with Crippen LogP contribution in [0.25, 0.3) is 0 Å². The second kappa shape index (κ2) is 4.98. The summed E-state index contributed by atoms with van der Waals surface area (Å²) in [6.07, 6.45) is 0.491. The molecule has 4 nitrogen and oxygen atoms in total. The fraction of sp³-hybridized carbons (Fsp3) is 0.500. The number of nitrogens with one attached hydrogen (secondary N) is 1. The van der Waals surface area contributed by atoms with Crippen molar-refractivity contribution in [1.82, 2.24) is 5.32 Å². The van der Waals surface area contributed by atoms with Crippen LogP contribution in [0, 0.1) is 0 Å². The molecule has 1 saturated heterocycles. The van der Waals surface area contributed by atoms with E-state index < -0.39 is 0 Å². The van der Waals surface area contributed by atoms with Crippen LogP contribution < -0.4 is 15.0 Å². The van der Waals surface area contributed by atoms with Crippen molar-refractivity contribution < 1.29 is 9.53 Å². The topological polar surface area (TPSA) is 41.6 Å². The molecule has 1 aromatic carbocycles. The van der Waals surface area contributed by atoms with Gasteiger partial charge in [0.15, 0.2) is 0 Å². The quantitative estimate of drug-likeness (QED) is 0.867. The van der Waals surface area contributed by atoms with Crippen molar-refractivity contribution in [2.45, 2.75) is 25.8 Å². The van der Waals surface area contributed by atoms with Crippen molar-refractivity contribution in [1.29, 1.82) is 0 Å². The van der Waals surface area contributed by atoms with Gasteiger partial charge in [-0.05, 0) is 26.0 Å². The Kier molecular flexibility index (Phi) is 3.57. The van der Waals surface area contributed by atoms with Gasteiger partial charge in [0.1, 0.15) is 5.75 Å². The number of nitrogens with zero attached hydrogens (tertiary/aromatic N) is 1. The average molecular weight is 248 g/mol. The lowest BCUT2D eigenvalue weighted by Gasteiger charge is -2.24. The number of carbonyl (C=O) groups excluding carboxylic acids is 1. The Morgan fingerprint density at radius 2 is 2.06 bits per heavy atom. The number of methoxy groups -OCH3 is 1. The third kappa shape index (κ3) is 2.64. The maximum absolute atomic E-state index is 12.3. The molecule has 0 bridgehead atoms. The molecule has 2 rings (SSSR count). The number of hydrogen-bond acceptors (Lipinski definition) is 3. The molecule has 98 valence electrons. The normalized spacial score (nSPS) is 19.5. The van der Waals surface area contributed by atoms with Gasteiger partial charge in [0.05, 0.1) is 12.8 Å². The van der Waals surface area contributed by atoms with Crippen LogP contribution >= 0.6 is 0 Å². The summed E-state index contributed by atoms with van der Waals surface area (Å²) in [6, 6.07) is 7.64. The van der Waals surface area contributed by atoms with Gasteiger partial charge in [-0.2, -0.15) is 0 Å². The van der Waals surface area contributed by atoms with E-state index in [1.54, 1.807) is 12.0 Å². The van der Waals surface area contributed by atoms with Crippen LogP contribution in [0.5, 0.6) is 5.75 Å². The summed E-state index contributed by atoms with van der Waals surface area (Å²) in [5.74, 6) is 0.875. The maximum atomic E-state index is 12.3. The number of benzene rings is 1. The van der Waals surface area contributed by atoms with Crippen LogP contribution in [-0.4, -0.2) is 31.6 Å². The van der Waals surface area contributed by atoms with Gasteiger partial charge in [0, 0.05) is 25.0 Å². The molecule has 1 aliphatic rings. The van der Waals surface area contributed by atoms with Gasteiger partial charge in [-0.15, -0.1) is 0 Å². The third-order valence-electron chi connectivity index (χ3n) is 3.21. The highest BCUT2D eigenvalue weighted by Gasteiger charge is 2.30. The summed E-state index contributed by atoms with van der Waals surface area (Å²) in [6.45, 7) is 5.56. The summed E-state index contributed by atoms with van der Waals surface area (Å²) in [5.41, 5.74) is 0.706. The number of amides is 1. The van der Waals surface area contributed by atoms with E-state index in [1.165, 1.54) is 0 Å². The Bertz CT molecular complexity index is 443. The first-order valence-corrected chi connectivity index (χ1v) is 6.22. The van der Waals surface area contributed by atoms with Crippen molar-refractivity contribution >= 4 is 11.6 Å². The first-order chi connectivity index (χ1) is 8.53. The monoisotopic (exact) mass is 248 g/mol. The van der Waals surface area contributed by atoms with Gasteiger partial charge in [-0.3, -0.25) is 4.79 Å². The standard InChI is InChI=1S/C14H20N2O2/c1-14(2)10-13(17)16(9-8-15-14)11-6-4-5-7-12(11)18-3/h4-7,15H,8-10H2,1-3H3. The van der Waals surface area contributed by atoms with Crippen molar-refractivity contribution in [3.05, 3.63) is 24.3 Å². The number of carbonyl (C=O) groups is 1. The Hall–Kier alpha value is -1.55. The maximum Gasteiger partial charge on any atom is 0.228 e. The lowest BCUT2D eigenvalue weighted by Crippen LogP contribution is -2.39. The summed E-state index contributed by atoms with van der Waals surface area (Å²) >= 11 is 0. The lowest BCUT2D eigenvalue weighted by molar-refractivity contribution is -0.119. The third-order valence-corrected chi connectivity index (χ3v) is 3.21. The van der Waals surface area contributed by atoms with Crippen LogP contribution in [0.15, 0.2) is 24.3 Å². The molecule has 4 heteroatoms. The largest absolute Gasteiger partial charge is 0.495 e. The molecule has 0 aromatic heterocycles. The summed E-state index contributed by atoms with van der Waals surface area (Å²) < 4.78 is 5.33. The molecule has 0 aliphatic carbocycles. The Morgan fingerprint density at radius 3 is 2.78 bits per heavy atom. The van der Waals surface area contributed by atoms with Crippen molar-refractivity contribution in [2.24, 2.45) is 0 Å². The summed E-state index contributed by atoms with van der Waals surface area (Å²) in [4.78, 5) is 14.1. The minimum Gasteiger partial charge on any atom is -0.495 e. The van der Waals surface area contributed by atoms with E-state index in [2.05, 4.69) is 19.2 Å². The molecule has 1 aliphatic heterocycles. The van der Waals surface area contributed by atoms with E-state index in [9.17, 15) is 4.79 Å². The van der Waals surface area contributed by atoms with E-state index in [0.717, 1.165) is 18.0 Å². The first-order valence-electron chi connectivity index (χ1n) is 6.22.